The molecule has 4 aromatic rings. The molecular formula is C13H10N8O. The quantitative estimate of drug-likeness (QED) is 0.460. The lowest BCUT2D eigenvalue weighted by atomic mass is 10.5. The summed E-state index contributed by atoms with van der Waals surface area (Å²) >= 11 is 0. The van der Waals surface area contributed by atoms with Gasteiger partial charge in [0.15, 0.2) is 11.3 Å². The van der Waals surface area contributed by atoms with Gasteiger partial charge in [-0.1, -0.05) is 0 Å². The van der Waals surface area contributed by atoms with Crippen LogP contribution in [0.1, 0.15) is 0 Å². The van der Waals surface area contributed by atoms with Crippen LogP contribution >= 0.6 is 0 Å². The summed E-state index contributed by atoms with van der Waals surface area (Å²) in [5, 5.41) is 0. The van der Waals surface area contributed by atoms with Crippen molar-refractivity contribution < 1.29 is 4.79 Å². The molecule has 0 fully saturated rings. The minimum atomic E-state index is 0.637. The number of aromatic nitrogens is 8. The molecule has 108 valence electrons. The highest BCUT2D eigenvalue weighted by atomic mass is 16.1. The Morgan fingerprint density at radius 1 is 0.591 bits per heavy atom. The van der Waals surface area contributed by atoms with E-state index in [9.17, 15) is 0 Å². The molecule has 0 aromatic carbocycles. The van der Waals surface area contributed by atoms with Crippen LogP contribution in [-0.4, -0.2) is 46.7 Å². The zero-order valence-electron chi connectivity index (χ0n) is 11.3. The van der Waals surface area contributed by atoms with E-state index in [0.717, 1.165) is 11.0 Å². The molecule has 0 N–H and O–H groups in total. The molecule has 4 rings (SSSR count). The highest BCUT2D eigenvalue weighted by Gasteiger charge is 1.91. The number of nitrogens with zero attached hydrogens (tertiary/aromatic N) is 8. The van der Waals surface area contributed by atoms with E-state index in [1.54, 1.807) is 37.2 Å². The van der Waals surface area contributed by atoms with Crippen molar-refractivity contribution >= 4 is 29.1 Å². The van der Waals surface area contributed by atoms with Crippen molar-refractivity contribution in [3.8, 4) is 0 Å². The summed E-state index contributed by atoms with van der Waals surface area (Å²) in [6.07, 6.45) is 12.6. The molecule has 0 aliphatic heterocycles. The normalized spacial score (nSPS) is 9.27. The smallest absolute Gasteiger partial charge is 0.181 e. The van der Waals surface area contributed by atoms with E-state index < -0.39 is 0 Å². The van der Waals surface area contributed by atoms with Crippen molar-refractivity contribution in [3.63, 3.8) is 0 Å². The van der Waals surface area contributed by atoms with Crippen molar-refractivity contribution in [2.75, 3.05) is 0 Å². The molecule has 0 bridgehead atoms. The van der Waals surface area contributed by atoms with E-state index in [-0.39, 0.29) is 0 Å². The Morgan fingerprint density at radius 3 is 1.41 bits per heavy atom. The Bertz CT molecular complexity index is 654. The molecule has 0 aliphatic rings. The molecule has 0 amide bonds. The molecule has 4 heterocycles. The molecule has 4 aromatic heterocycles. The first-order valence-corrected chi connectivity index (χ1v) is 5.96. The summed E-state index contributed by atoms with van der Waals surface area (Å²) in [6, 6.07) is 0. The summed E-state index contributed by atoms with van der Waals surface area (Å²) in [4.78, 5) is 39.3. The van der Waals surface area contributed by atoms with Gasteiger partial charge >= 0.3 is 0 Å². The Morgan fingerprint density at radius 2 is 1.00 bits per heavy atom. The van der Waals surface area contributed by atoms with Gasteiger partial charge in [0, 0.05) is 24.8 Å². The van der Waals surface area contributed by atoms with Crippen molar-refractivity contribution in [2.24, 2.45) is 0 Å². The van der Waals surface area contributed by atoms with Crippen molar-refractivity contribution in [2.45, 2.75) is 0 Å². The predicted molar refractivity (Wildman–Crippen MR) is 77.4 cm³/mol. The van der Waals surface area contributed by atoms with E-state index in [4.69, 9.17) is 4.79 Å². The third kappa shape index (κ3) is 3.76. The standard InChI is InChI=1S/2C6H4N4.CH2O/c2*1-2-9-6-5(8-1)3-7-4-10-6;1-2/h2*1-4H;1H2. The van der Waals surface area contributed by atoms with Gasteiger partial charge in [0.2, 0.25) is 0 Å². The topological polar surface area (TPSA) is 120 Å². The number of hydrogen-bond acceptors (Lipinski definition) is 9. The number of hydrogen-bond donors (Lipinski definition) is 0. The molecule has 9 nitrogen and oxygen atoms in total. The lowest BCUT2D eigenvalue weighted by Gasteiger charge is -1.89. The number of fused-ring (bicyclic) bond motifs is 2. The van der Waals surface area contributed by atoms with Crippen molar-refractivity contribution in [1.29, 1.82) is 0 Å². The van der Waals surface area contributed by atoms with Crippen LogP contribution in [0.5, 0.6) is 0 Å². The average Bonchev–Trinajstić information content (AvgIpc) is 2.64. The zero-order chi connectivity index (χ0) is 15.6. The third-order valence-corrected chi connectivity index (χ3v) is 2.30. The van der Waals surface area contributed by atoms with Gasteiger partial charge in [0.05, 0.1) is 12.4 Å². The second-order valence-electron chi connectivity index (χ2n) is 3.58. The zero-order valence-corrected chi connectivity index (χ0v) is 11.3. The predicted octanol–water partition coefficient (Wildman–Crippen LogP) is 0.655. The van der Waals surface area contributed by atoms with Gasteiger partial charge < -0.3 is 4.79 Å². The molecule has 0 atom stereocenters. The third-order valence-electron chi connectivity index (χ3n) is 2.30. The molecular weight excluding hydrogens is 284 g/mol. The van der Waals surface area contributed by atoms with Gasteiger partial charge in [0.1, 0.15) is 30.5 Å². The highest BCUT2D eigenvalue weighted by Crippen LogP contribution is 1.99. The summed E-state index contributed by atoms with van der Waals surface area (Å²) in [5.74, 6) is 0. The summed E-state index contributed by atoms with van der Waals surface area (Å²) in [7, 11) is 0. The van der Waals surface area contributed by atoms with E-state index >= 15 is 0 Å². The van der Waals surface area contributed by atoms with Crippen molar-refractivity contribution in [3.05, 3.63) is 49.8 Å². The van der Waals surface area contributed by atoms with Crippen LogP contribution in [-0.2, 0) is 4.79 Å². The second kappa shape index (κ2) is 7.94. The van der Waals surface area contributed by atoms with Crippen LogP contribution in [0.3, 0.4) is 0 Å². The minimum absolute atomic E-state index is 0.637. The van der Waals surface area contributed by atoms with E-state index in [2.05, 4.69) is 39.9 Å². The number of rotatable bonds is 0. The van der Waals surface area contributed by atoms with Gasteiger partial charge in [0.25, 0.3) is 0 Å². The van der Waals surface area contributed by atoms with Crippen LogP contribution in [0.4, 0.5) is 0 Å². The fourth-order valence-electron chi connectivity index (χ4n) is 1.45. The molecule has 0 radical (unpaired) electrons. The van der Waals surface area contributed by atoms with Gasteiger partial charge in [-0.2, -0.15) is 0 Å². The maximum Gasteiger partial charge on any atom is 0.181 e. The minimum Gasteiger partial charge on any atom is -0.307 e. The average molecular weight is 294 g/mol. The maximum atomic E-state index is 8.00. The molecule has 0 aliphatic carbocycles. The van der Waals surface area contributed by atoms with E-state index in [1.807, 2.05) is 6.79 Å². The number of carbonyl (C=O) groups is 1. The SMILES string of the molecule is C=O.c1cnc2ncncc2n1.c1cnc2ncncc2n1. The largest absolute Gasteiger partial charge is 0.307 e. The van der Waals surface area contributed by atoms with Crippen LogP contribution in [0.2, 0.25) is 0 Å². The molecule has 22 heavy (non-hydrogen) atoms. The van der Waals surface area contributed by atoms with Crippen LogP contribution in [0.15, 0.2) is 49.8 Å². The first-order chi connectivity index (χ1) is 10.9. The van der Waals surface area contributed by atoms with Gasteiger partial charge in [-0.05, 0) is 0 Å². The first-order valence-electron chi connectivity index (χ1n) is 5.96. The molecule has 9 heteroatoms. The Labute approximate surface area is 124 Å². The molecule has 0 spiro atoms. The van der Waals surface area contributed by atoms with Gasteiger partial charge in [-0.3, -0.25) is 0 Å². The van der Waals surface area contributed by atoms with Crippen LogP contribution in [0.25, 0.3) is 22.3 Å². The molecule has 0 saturated carbocycles. The first kappa shape index (κ1) is 14.9. The van der Waals surface area contributed by atoms with E-state index in [0.29, 0.717) is 11.3 Å². The fourth-order valence-corrected chi connectivity index (χ4v) is 1.45. The monoisotopic (exact) mass is 294 g/mol. The summed E-state index contributed by atoms with van der Waals surface area (Å²) in [6.45, 7) is 2.00. The highest BCUT2D eigenvalue weighted by molar-refractivity contribution is 5.67. The lowest BCUT2D eigenvalue weighted by molar-refractivity contribution is -0.0979. The maximum absolute atomic E-state index is 8.00. The Kier molecular flexibility index (Phi) is 5.38. The van der Waals surface area contributed by atoms with Crippen molar-refractivity contribution in [1.82, 2.24) is 39.9 Å². The Balaban J connectivity index is 0.000000144. The van der Waals surface area contributed by atoms with Crippen LogP contribution < -0.4 is 0 Å². The van der Waals surface area contributed by atoms with E-state index in [1.165, 1.54) is 12.7 Å². The van der Waals surface area contributed by atoms with Gasteiger partial charge in [-0.15, -0.1) is 0 Å². The molecule has 0 saturated heterocycles. The second-order valence-corrected chi connectivity index (χ2v) is 3.58. The summed E-state index contributed by atoms with van der Waals surface area (Å²) < 4.78 is 0. The fraction of sp³-hybridized carbons (Fsp3) is 0. The Hall–Kier alpha value is -3.49. The summed E-state index contributed by atoms with van der Waals surface area (Å²) in [5.41, 5.74) is 2.73. The van der Waals surface area contributed by atoms with Crippen LogP contribution in [0, 0.1) is 0 Å². The van der Waals surface area contributed by atoms with Gasteiger partial charge in [-0.25, -0.2) is 39.9 Å². The lowest BCUT2D eigenvalue weighted by Crippen LogP contribution is -1.85. The molecule has 0 unspecified atom stereocenters. The number of carbonyl (C=O) groups excluding carboxylic acids is 1.